The second-order valence-electron chi connectivity index (χ2n) is 8.25. The average molecular weight is 424 g/mol. The van der Waals surface area contributed by atoms with E-state index in [2.05, 4.69) is 0 Å². The summed E-state index contributed by atoms with van der Waals surface area (Å²) in [5.74, 6) is 0.410. The summed E-state index contributed by atoms with van der Waals surface area (Å²) in [6.45, 7) is 12.7. The Kier molecular flexibility index (Phi) is 6.91. The van der Waals surface area contributed by atoms with Gasteiger partial charge in [-0.15, -0.1) is 0 Å². The van der Waals surface area contributed by atoms with Crippen LogP contribution in [-0.2, 0) is 23.9 Å². The molecule has 5 nitrogen and oxygen atoms in total. The summed E-state index contributed by atoms with van der Waals surface area (Å²) in [6.07, 6.45) is 1.86. The molecule has 0 N–H and O–H groups in total. The Bertz CT molecular complexity index is 856. The van der Waals surface area contributed by atoms with Crippen molar-refractivity contribution in [1.82, 2.24) is 0 Å². The molecular formula is C20H29BO5S2. The van der Waals surface area contributed by atoms with Crippen LogP contribution in [-0.4, -0.2) is 42.9 Å². The fraction of sp³-hybridized carbons (Fsp3) is 0.550. The number of carbonyl (C=O) groups excluding carboxylic acids is 1. The van der Waals surface area contributed by atoms with Gasteiger partial charge in [-0.05, 0) is 64.7 Å². The maximum absolute atomic E-state index is 12.5. The van der Waals surface area contributed by atoms with Crippen LogP contribution in [0.5, 0.6) is 0 Å². The Morgan fingerprint density at radius 1 is 1.18 bits per heavy atom. The first-order valence-corrected chi connectivity index (χ1v) is 11.8. The normalized spacial score (nSPS) is 19.3. The van der Waals surface area contributed by atoms with Crippen molar-refractivity contribution in [3.8, 4) is 0 Å². The van der Waals surface area contributed by atoms with Crippen LogP contribution >= 0.6 is 11.8 Å². The quantitative estimate of drug-likeness (QED) is 0.639. The Labute approximate surface area is 173 Å². The monoisotopic (exact) mass is 424 g/mol. The van der Waals surface area contributed by atoms with Gasteiger partial charge in [-0.25, -0.2) is 8.42 Å². The third-order valence-electron chi connectivity index (χ3n) is 5.16. The lowest BCUT2D eigenvalue weighted by molar-refractivity contribution is -0.109. The molecule has 0 saturated carbocycles. The van der Waals surface area contributed by atoms with E-state index in [0.29, 0.717) is 5.75 Å². The Hall–Kier alpha value is -1.09. The van der Waals surface area contributed by atoms with E-state index in [1.807, 2.05) is 39.8 Å². The van der Waals surface area contributed by atoms with Gasteiger partial charge >= 0.3 is 7.12 Å². The summed E-state index contributed by atoms with van der Waals surface area (Å²) in [6, 6.07) is 6.81. The molecule has 0 aromatic heterocycles. The molecule has 0 radical (unpaired) electrons. The standard InChI is InChI=1S/C20H29BO5S2/c1-14(2)28(23,24)18-10-8-9-16(12-18)11-17(13-27-15(3)22)21-25-19(4,5)20(6,7)26-21/h8-12,14H,13H2,1-7H3. The van der Waals surface area contributed by atoms with Gasteiger partial charge in [0.05, 0.1) is 21.3 Å². The van der Waals surface area contributed by atoms with E-state index in [0.717, 1.165) is 11.0 Å². The molecule has 1 fully saturated rings. The predicted octanol–water partition coefficient (Wildman–Crippen LogP) is 4.16. The average Bonchev–Trinajstić information content (AvgIpc) is 2.79. The predicted molar refractivity (Wildman–Crippen MR) is 116 cm³/mol. The minimum atomic E-state index is -3.37. The maximum atomic E-state index is 12.5. The molecule has 1 saturated heterocycles. The van der Waals surface area contributed by atoms with Gasteiger partial charge in [0.25, 0.3) is 0 Å². The second kappa shape index (κ2) is 8.34. The highest BCUT2D eigenvalue weighted by atomic mass is 32.2. The van der Waals surface area contributed by atoms with Gasteiger partial charge in [0, 0.05) is 12.7 Å². The van der Waals surface area contributed by atoms with Crippen LogP contribution in [0.15, 0.2) is 34.6 Å². The van der Waals surface area contributed by atoms with E-state index in [9.17, 15) is 13.2 Å². The number of benzene rings is 1. The van der Waals surface area contributed by atoms with Gasteiger partial charge in [0.15, 0.2) is 15.0 Å². The van der Waals surface area contributed by atoms with Crippen molar-refractivity contribution in [2.45, 2.75) is 69.8 Å². The zero-order valence-corrected chi connectivity index (χ0v) is 19.2. The summed E-state index contributed by atoms with van der Waals surface area (Å²) in [4.78, 5) is 11.8. The van der Waals surface area contributed by atoms with Gasteiger partial charge in [-0.1, -0.05) is 30.0 Å². The molecule has 0 bridgehead atoms. The molecule has 8 heteroatoms. The topological polar surface area (TPSA) is 69.7 Å². The first kappa shape index (κ1) is 23.2. The minimum Gasteiger partial charge on any atom is -0.400 e. The van der Waals surface area contributed by atoms with E-state index >= 15 is 0 Å². The smallest absolute Gasteiger partial charge is 0.400 e. The van der Waals surface area contributed by atoms with Gasteiger partial charge < -0.3 is 9.31 Å². The molecule has 0 atom stereocenters. The summed E-state index contributed by atoms with van der Waals surface area (Å²) in [5.41, 5.74) is 0.523. The molecule has 154 valence electrons. The summed E-state index contributed by atoms with van der Waals surface area (Å²) >= 11 is 1.17. The van der Waals surface area contributed by atoms with Crippen LogP contribution in [0.1, 0.15) is 54.0 Å². The van der Waals surface area contributed by atoms with E-state index in [4.69, 9.17) is 9.31 Å². The van der Waals surface area contributed by atoms with Gasteiger partial charge in [0.1, 0.15) is 0 Å². The Morgan fingerprint density at radius 2 is 1.75 bits per heavy atom. The zero-order valence-electron chi connectivity index (χ0n) is 17.6. The summed E-state index contributed by atoms with van der Waals surface area (Å²) in [7, 11) is -3.96. The molecule has 0 unspecified atom stereocenters. The maximum Gasteiger partial charge on any atom is 0.491 e. The summed E-state index contributed by atoms with van der Waals surface area (Å²) < 4.78 is 37.3. The van der Waals surface area contributed by atoms with E-state index in [1.165, 1.54) is 18.7 Å². The fourth-order valence-corrected chi connectivity index (χ4v) is 4.33. The molecule has 0 aliphatic carbocycles. The van der Waals surface area contributed by atoms with Crippen LogP contribution in [0.4, 0.5) is 0 Å². The highest BCUT2D eigenvalue weighted by Gasteiger charge is 2.52. The van der Waals surface area contributed by atoms with Crippen molar-refractivity contribution >= 4 is 39.9 Å². The van der Waals surface area contributed by atoms with Crippen molar-refractivity contribution in [1.29, 1.82) is 0 Å². The number of carbonyl (C=O) groups is 1. The lowest BCUT2D eigenvalue weighted by Crippen LogP contribution is -2.41. The van der Waals surface area contributed by atoms with Crippen molar-refractivity contribution in [3.63, 3.8) is 0 Å². The molecule has 1 heterocycles. The molecule has 1 aliphatic rings. The van der Waals surface area contributed by atoms with Gasteiger partial charge in [0.2, 0.25) is 0 Å². The van der Waals surface area contributed by atoms with Crippen LogP contribution in [0.25, 0.3) is 6.08 Å². The molecule has 1 aromatic carbocycles. The minimum absolute atomic E-state index is 0.00134. The summed E-state index contributed by atoms with van der Waals surface area (Å²) in [5, 5.41) is -0.499. The van der Waals surface area contributed by atoms with Crippen LogP contribution in [0.3, 0.4) is 0 Å². The van der Waals surface area contributed by atoms with Crippen molar-refractivity contribution in [3.05, 3.63) is 35.3 Å². The van der Waals surface area contributed by atoms with Gasteiger partial charge in [-0.3, -0.25) is 4.79 Å². The third kappa shape index (κ3) is 5.09. The van der Waals surface area contributed by atoms with Crippen molar-refractivity contribution in [2.24, 2.45) is 0 Å². The highest BCUT2D eigenvalue weighted by molar-refractivity contribution is 8.13. The first-order valence-electron chi connectivity index (χ1n) is 9.30. The number of hydrogen-bond donors (Lipinski definition) is 0. The van der Waals surface area contributed by atoms with Crippen LogP contribution in [0.2, 0.25) is 0 Å². The fourth-order valence-electron chi connectivity index (χ4n) is 2.62. The first-order chi connectivity index (χ1) is 12.8. The van der Waals surface area contributed by atoms with Gasteiger partial charge in [-0.2, -0.15) is 0 Å². The number of thioether (sulfide) groups is 1. The van der Waals surface area contributed by atoms with E-state index in [-0.39, 0.29) is 10.0 Å². The van der Waals surface area contributed by atoms with Crippen LogP contribution < -0.4 is 0 Å². The SMILES string of the molecule is CC(=O)SCC(=Cc1cccc(S(=O)(=O)C(C)C)c1)B1OC(C)(C)C(C)(C)O1. The lowest BCUT2D eigenvalue weighted by Gasteiger charge is -2.32. The Balaban J connectivity index is 2.42. The second-order valence-corrected chi connectivity index (χ2v) is 11.9. The molecule has 1 aliphatic heterocycles. The number of sulfone groups is 1. The Morgan fingerprint density at radius 3 is 2.25 bits per heavy atom. The zero-order chi connectivity index (χ0) is 21.3. The van der Waals surface area contributed by atoms with Crippen LogP contribution in [0, 0.1) is 0 Å². The highest BCUT2D eigenvalue weighted by Crippen LogP contribution is 2.39. The molecular weight excluding hydrogens is 395 g/mol. The lowest BCUT2D eigenvalue weighted by atomic mass is 9.78. The van der Waals surface area contributed by atoms with E-state index < -0.39 is 33.4 Å². The number of hydrogen-bond acceptors (Lipinski definition) is 6. The van der Waals surface area contributed by atoms with Crippen molar-refractivity contribution in [2.75, 3.05) is 5.75 Å². The largest absolute Gasteiger partial charge is 0.491 e. The van der Waals surface area contributed by atoms with E-state index in [1.54, 1.807) is 32.0 Å². The molecule has 1 aromatic rings. The van der Waals surface area contributed by atoms with Crippen molar-refractivity contribution < 1.29 is 22.5 Å². The molecule has 0 spiro atoms. The molecule has 28 heavy (non-hydrogen) atoms. The third-order valence-corrected chi connectivity index (χ3v) is 8.19. The molecule has 0 amide bonds. The number of rotatable bonds is 6. The molecule has 2 rings (SSSR count).